The average Bonchev–Trinajstić information content (AvgIpc) is 3.24. The van der Waals surface area contributed by atoms with Crippen LogP contribution in [0, 0.1) is 0 Å². The molecule has 3 aromatic rings. The van der Waals surface area contributed by atoms with Crippen LogP contribution in [0.25, 0.3) is 0 Å². The fourth-order valence-electron chi connectivity index (χ4n) is 3.18. The Labute approximate surface area is 158 Å². The minimum absolute atomic E-state index is 0.138. The first-order valence-corrected chi connectivity index (χ1v) is 9.12. The lowest BCUT2D eigenvalue weighted by Crippen LogP contribution is -2.18. The molecule has 5 nitrogen and oxygen atoms in total. The standard InChI is InChI=1S/C22H21N3O2/c26-22(24-18-5-3-6-19(15-18)25-13-1-2-14-25)17-8-10-20(11-9-17)27-21-7-4-12-23-16-21/h3-12,15-16H,1-2,13-14H2,(H,24,26). The van der Waals surface area contributed by atoms with E-state index >= 15 is 0 Å². The van der Waals surface area contributed by atoms with Crippen molar-refractivity contribution in [3.8, 4) is 11.5 Å². The van der Waals surface area contributed by atoms with Crippen LogP contribution in [-0.4, -0.2) is 24.0 Å². The highest BCUT2D eigenvalue weighted by Gasteiger charge is 2.13. The lowest BCUT2D eigenvalue weighted by Gasteiger charge is -2.18. The number of carbonyl (C=O) groups excluding carboxylic acids is 1. The maximum absolute atomic E-state index is 12.5. The Balaban J connectivity index is 1.41. The molecule has 0 aliphatic carbocycles. The Bertz CT molecular complexity index is 904. The fourth-order valence-corrected chi connectivity index (χ4v) is 3.18. The van der Waals surface area contributed by atoms with Gasteiger partial charge in [0.15, 0.2) is 0 Å². The average molecular weight is 359 g/mol. The van der Waals surface area contributed by atoms with E-state index in [1.54, 1.807) is 36.7 Å². The van der Waals surface area contributed by atoms with Gasteiger partial charge < -0.3 is 15.0 Å². The Morgan fingerprint density at radius 1 is 0.963 bits per heavy atom. The summed E-state index contributed by atoms with van der Waals surface area (Å²) in [7, 11) is 0. The molecular formula is C22H21N3O2. The van der Waals surface area contributed by atoms with Gasteiger partial charge in [0.1, 0.15) is 11.5 Å². The Morgan fingerprint density at radius 3 is 2.52 bits per heavy atom. The van der Waals surface area contributed by atoms with E-state index < -0.39 is 0 Å². The molecule has 0 spiro atoms. The van der Waals surface area contributed by atoms with E-state index in [4.69, 9.17) is 4.74 Å². The number of anilines is 2. The molecule has 2 heterocycles. The van der Waals surface area contributed by atoms with Gasteiger partial charge in [-0.2, -0.15) is 0 Å². The maximum Gasteiger partial charge on any atom is 0.255 e. The quantitative estimate of drug-likeness (QED) is 0.716. The molecule has 4 rings (SSSR count). The van der Waals surface area contributed by atoms with Crippen molar-refractivity contribution in [1.29, 1.82) is 0 Å². The molecule has 1 aliphatic rings. The van der Waals surface area contributed by atoms with E-state index in [0.717, 1.165) is 24.5 Å². The third-order valence-corrected chi connectivity index (χ3v) is 4.56. The van der Waals surface area contributed by atoms with Crippen molar-refractivity contribution in [2.24, 2.45) is 0 Å². The summed E-state index contributed by atoms with van der Waals surface area (Å²) in [6.07, 6.45) is 5.79. The van der Waals surface area contributed by atoms with E-state index in [2.05, 4.69) is 21.3 Å². The minimum Gasteiger partial charge on any atom is -0.456 e. The molecule has 1 amide bonds. The molecule has 1 saturated heterocycles. The highest BCUT2D eigenvalue weighted by Crippen LogP contribution is 2.24. The van der Waals surface area contributed by atoms with Crippen molar-refractivity contribution in [2.75, 3.05) is 23.3 Å². The second-order valence-electron chi connectivity index (χ2n) is 6.51. The Hall–Kier alpha value is -3.34. The predicted molar refractivity (Wildman–Crippen MR) is 107 cm³/mol. The third kappa shape index (κ3) is 4.26. The van der Waals surface area contributed by atoms with E-state index in [1.807, 2.05) is 30.3 Å². The molecule has 2 aromatic carbocycles. The zero-order chi connectivity index (χ0) is 18.5. The maximum atomic E-state index is 12.5. The van der Waals surface area contributed by atoms with E-state index in [-0.39, 0.29) is 5.91 Å². The summed E-state index contributed by atoms with van der Waals surface area (Å²) in [4.78, 5) is 18.9. The smallest absolute Gasteiger partial charge is 0.255 e. The second-order valence-corrected chi connectivity index (χ2v) is 6.51. The van der Waals surface area contributed by atoms with Gasteiger partial charge in [0, 0.05) is 36.2 Å². The van der Waals surface area contributed by atoms with Crippen LogP contribution in [-0.2, 0) is 0 Å². The summed E-state index contributed by atoms with van der Waals surface area (Å²) < 4.78 is 5.70. The van der Waals surface area contributed by atoms with Crippen LogP contribution in [0.1, 0.15) is 23.2 Å². The van der Waals surface area contributed by atoms with Gasteiger partial charge in [0.25, 0.3) is 5.91 Å². The first-order valence-electron chi connectivity index (χ1n) is 9.12. The van der Waals surface area contributed by atoms with Crippen LogP contribution in [0.4, 0.5) is 11.4 Å². The number of pyridine rings is 1. The molecule has 0 radical (unpaired) electrons. The SMILES string of the molecule is O=C(Nc1cccc(N2CCCC2)c1)c1ccc(Oc2cccnc2)cc1. The zero-order valence-electron chi connectivity index (χ0n) is 15.0. The number of hydrogen-bond acceptors (Lipinski definition) is 4. The molecular weight excluding hydrogens is 338 g/mol. The number of nitrogens with zero attached hydrogens (tertiary/aromatic N) is 2. The Kier molecular flexibility index (Phi) is 5.01. The van der Waals surface area contributed by atoms with Crippen LogP contribution in [0.3, 0.4) is 0 Å². The van der Waals surface area contributed by atoms with Crippen molar-refractivity contribution in [3.05, 3.63) is 78.6 Å². The van der Waals surface area contributed by atoms with Gasteiger partial charge >= 0.3 is 0 Å². The van der Waals surface area contributed by atoms with Gasteiger partial charge in [-0.05, 0) is 67.4 Å². The first kappa shape index (κ1) is 17.1. The van der Waals surface area contributed by atoms with Crippen LogP contribution in [0.5, 0.6) is 11.5 Å². The van der Waals surface area contributed by atoms with Crippen molar-refractivity contribution in [2.45, 2.75) is 12.8 Å². The summed E-state index contributed by atoms with van der Waals surface area (Å²) in [5, 5.41) is 2.97. The summed E-state index contributed by atoms with van der Waals surface area (Å²) in [6, 6.07) is 18.7. The molecule has 0 saturated carbocycles. The van der Waals surface area contributed by atoms with E-state index in [9.17, 15) is 4.79 Å². The molecule has 0 unspecified atom stereocenters. The molecule has 0 atom stereocenters. The first-order chi connectivity index (χ1) is 13.3. The largest absolute Gasteiger partial charge is 0.456 e. The number of benzene rings is 2. The number of hydrogen-bond donors (Lipinski definition) is 1. The number of carbonyl (C=O) groups is 1. The molecule has 0 bridgehead atoms. The number of amides is 1. The van der Waals surface area contributed by atoms with Crippen molar-refractivity contribution < 1.29 is 9.53 Å². The van der Waals surface area contributed by atoms with Crippen molar-refractivity contribution >= 4 is 17.3 Å². The van der Waals surface area contributed by atoms with Crippen molar-refractivity contribution in [3.63, 3.8) is 0 Å². The zero-order valence-corrected chi connectivity index (χ0v) is 15.0. The number of nitrogens with one attached hydrogen (secondary N) is 1. The monoisotopic (exact) mass is 359 g/mol. The normalized spacial score (nSPS) is 13.4. The minimum atomic E-state index is -0.138. The summed E-state index contributed by atoms with van der Waals surface area (Å²) in [5.41, 5.74) is 2.55. The number of rotatable bonds is 5. The van der Waals surface area contributed by atoms with Gasteiger partial charge in [-0.15, -0.1) is 0 Å². The van der Waals surface area contributed by atoms with Crippen LogP contribution in [0.15, 0.2) is 73.1 Å². The van der Waals surface area contributed by atoms with Crippen LogP contribution < -0.4 is 15.0 Å². The number of ether oxygens (including phenoxy) is 1. The summed E-state index contributed by atoms with van der Waals surface area (Å²) in [6.45, 7) is 2.16. The highest BCUT2D eigenvalue weighted by molar-refractivity contribution is 6.04. The predicted octanol–water partition coefficient (Wildman–Crippen LogP) is 4.73. The molecule has 1 aliphatic heterocycles. The van der Waals surface area contributed by atoms with Gasteiger partial charge in [-0.3, -0.25) is 9.78 Å². The Morgan fingerprint density at radius 2 is 1.78 bits per heavy atom. The third-order valence-electron chi connectivity index (χ3n) is 4.56. The lowest BCUT2D eigenvalue weighted by atomic mass is 10.2. The van der Waals surface area contributed by atoms with E-state index in [0.29, 0.717) is 17.1 Å². The van der Waals surface area contributed by atoms with Crippen molar-refractivity contribution in [1.82, 2.24) is 4.98 Å². The fraction of sp³-hybridized carbons (Fsp3) is 0.182. The summed E-state index contributed by atoms with van der Waals surface area (Å²) in [5.74, 6) is 1.19. The van der Waals surface area contributed by atoms with Gasteiger partial charge in [0.2, 0.25) is 0 Å². The summed E-state index contributed by atoms with van der Waals surface area (Å²) >= 11 is 0. The molecule has 1 fully saturated rings. The van der Waals surface area contributed by atoms with Gasteiger partial charge in [-0.25, -0.2) is 0 Å². The second kappa shape index (κ2) is 7.91. The number of aromatic nitrogens is 1. The molecule has 1 N–H and O–H groups in total. The lowest BCUT2D eigenvalue weighted by molar-refractivity contribution is 0.102. The highest BCUT2D eigenvalue weighted by atomic mass is 16.5. The van der Waals surface area contributed by atoms with Crippen LogP contribution in [0.2, 0.25) is 0 Å². The van der Waals surface area contributed by atoms with E-state index in [1.165, 1.54) is 12.8 Å². The molecule has 27 heavy (non-hydrogen) atoms. The topological polar surface area (TPSA) is 54.5 Å². The molecule has 1 aromatic heterocycles. The van der Waals surface area contributed by atoms with Crippen LogP contribution >= 0.6 is 0 Å². The molecule has 5 heteroatoms. The van der Waals surface area contributed by atoms with Gasteiger partial charge in [-0.1, -0.05) is 6.07 Å². The van der Waals surface area contributed by atoms with Gasteiger partial charge in [0.05, 0.1) is 6.20 Å². The molecule has 136 valence electrons.